The SMILES string of the molecule is CC=COC(C)(C)Cc1cn(C(=O)Nc2cc(C(F)(F)F)cc(C(F)(F)F)c2)c2cc(C)ccc12. The number of carbonyl (C=O) groups is 1. The molecule has 0 atom stereocenters. The van der Waals surface area contributed by atoms with Crippen molar-refractivity contribution in [2.24, 2.45) is 0 Å². The van der Waals surface area contributed by atoms with Gasteiger partial charge in [0.2, 0.25) is 0 Å². The number of carbonyl (C=O) groups excluding carboxylic acids is 1. The maximum absolute atomic E-state index is 13.2. The monoisotopic (exact) mass is 498 g/mol. The lowest BCUT2D eigenvalue weighted by atomic mass is 9.97. The van der Waals surface area contributed by atoms with Crippen LogP contribution < -0.4 is 5.32 Å². The van der Waals surface area contributed by atoms with E-state index in [4.69, 9.17) is 4.74 Å². The van der Waals surface area contributed by atoms with Crippen molar-refractivity contribution in [3.05, 3.63) is 77.2 Å². The molecule has 3 rings (SSSR count). The second-order valence-electron chi connectivity index (χ2n) is 8.79. The van der Waals surface area contributed by atoms with Gasteiger partial charge in [0.05, 0.1) is 22.9 Å². The predicted molar refractivity (Wildman–Crippen MR) is 121 cm³/mol. The van der Waals surface area contributed by atoms with Gasteiger partial charge in [0, 0.05) is 23.7 Å². The first-order valence-corrected chi connectivity index (χ1v) is 10.6. The van der Waals surface area contributed by atoms with Crippen molar-refractivity contribution in [2.45, 2.75) is 52.1 Å². The average Bonchev–Trinajstić information content (AvgIpc) is 3.07. The number of benzene rings is 2. The molecule has 0 saturated heterocycles. The molecular weight excluding hydrogens is 474 g/mol. The number of aryl methyl sites for hydroxylation is 1. The highest BCUT2D eigenvalue weighted by Crippen LogP contribution is 2.37. The molecular formula is C25H24F6N2O2. The van der Waals surface area contributed by atoms with Crippen molar-refractivity contribution < 1.29 is 35.9 Å². The summed E-state index contributed by atoms with van der Waals surface area (Å²) in [7, 11) is 0. The van der Waals surface area contributed by atoms with Gasteiger partial charge in [-0.3, -0.25) is 4.57 Å². The first-order valence-electron chi connectivity index (χ1n) is 10.6. The lowest BCUT2D eigenvalue weighted by molar-refractivity contribution is -0.143. The van der Waals surface area contributed by atoms with Crippen LogP contribution in [-0.2, 0) is 23.5 Å². The van der Waals surface area contributed by atoms with Crippen LogP contribution >= 0.6 is 0 Å². The number of aromatic nitrogens is 1. The van der Waals surface area contributed by atoms with Gasteiger partial charge in [0.25, 0.3) is 0 Å². The Morgan fingerprint density at radius 2 is 1.60 bits per heavy atom. The summed E-state index contributed by atoms with van der Waals surface area (Å²) in [5.74, 6) is 0. The highest BCUT2D eigenvalue weighted by Gasteiger charge is 2.37. The summed E-state index contributed by atoms with van der Waals surface area (Å²) in [5.41, 5.74) is -2.29. The fraction of sp³-hybridized carbons (Fsp3) is 0.320. The van der Waals surface area contributed by atoms with Gasteiger partial charge in [0.1, 0.15) is 5.60 Å². The minimum Gasteiger partial charge on any atom is -0.495 e. The van der Waals surface area contributed by atoms with Gasteiger partial charge in [0.15, 0.2) is 0 Å². The van der Waals surface area contributed by atoms with Crippen molar-refractivity contribution in [3.8, 4) is 0 Å². The van der Waals surface area contributed by atoms with Gasteiger partial charge >= 0.3 is 18.4 Å². The molecule has 0 aliphatic rings. The molecule has 2 aromatic carbocycles. The topological polar surface area (TPSA) is 43.3 Å². The molecule has 188 valence electrons. The zero-order chi connectivity index (χ0) is 26.2. The first kappa shape index (κ1) is 26.2. The van der Waals surface area contributed by atoms with E-state index in [-0.39, 0.29) is 6.07 Å². The Balaban J connectivity index is 2.04. The summed E-state index contributed by atoms with van der Waals surface area (Å²) in [6, 6.07) is 5.42. The fourth-order valence-electron chi connectivity index (χ4n) is 3.68. The standard InChI is InChI=1S/C25H24F6N2O2/c1-5-8-35-23(3,4)13-16-14-33(21-9-15(2)6-7-20(16)21)22(34)32-19-11-17(24(26,27)28)10-18(12-19)25(29,30)31/h5-12,14H,13H2,1-4H3,(H,32,34). The number of nitrogens with one attached hydrogen (secondary N) is 1. The van der Waals surface area contributed by atoms with E-state index in [2.05, 4.69) is 5.32 Å². The van der Waals surface area contributed by atoms with Crippen LogP contribution in [0.5, 0.6) is 0 Å². The van der Waals surface area contributed by atoms with Gasteiger partial charge in [-0.25, -0.2) is 4.79 Å². The van der Waals surface area contributed by atoms with E-state index in [9.17, 15) is 31.1 Å². The Hall–Kier alpha value is -3.43. The Morgan fingerprint density at radius 3 is 2.14 bits per heavy atom. The van der Waals surface area contributed by atoms with Crippen LogP contribution in [-0.4, -0.2) is 16.2 Å². The minimum atomic E-state index is -5.02. The molecule has 0 aliphatic heterocycles. The number of rotatable bonds is 5. The number of hydrogen-bond donors (Lipinski definition) is 1. The van der Waals surface area contributed by atoms with Crippen LogP contribution in [0.15, 0.2) is 54.9 Å². The molecule has 35 heavy (non-hydrogen) atoms. The smallest absolute Gasteiger partial charge is 0.416 e. The highest BCUT2D eigenvalue weighted by molar-refractivity contribution is 6.00. The molecule has 0 aliphatic carbocycles. The Morgan fingerprint density at radius 1 is 1.00 bits per heavy atom. The maximum Gasteiger partial charge on any atom is 0.416 e. The normalized spacial score (nSPS) is 13.0. The number of fused-ring (bicyclic) bond motifs is 1. The number of allylic oxidation sites excluding steroid dienone is 1. The van der Waals surface area contributed by atoms with Crippen LogP contribution in [0.4, 0.5) is 36.8 Å². The Labute approximate surface area is 198 Å². The van der Waals surface area contributed by atoms with Crippen molar-refractivity contribution in [1.29, 1.82) is 0 Å². The summed E-state index contributed by atoms with van der Waals surface area (Å²) >= 11 is 0. The molecule has 1 amide bonds. The van der Waals surface area contributed by atoms with Gasteiger partial charge in [-0.1, -0.05) is 18.2 Å². The summed E-state index contributed by atoms with van der Waals surface area (Å²) < 4.78 is 86.1. The summed E-state index contributed by atoms with van der Waals surface area (Å²) in [5, 5.41) is 2.90. The van der Waals surface area contributed by atoms with Crippen LogP contribution in [0.3, 0.4) is 0 Å². The second-order valence-corrected chi connectivity index (χ2v) is 8.79. The molecule has 0 saturated carbocycles. The van der Waals surface area contributed by atoms with Gasteiger partial charge in [-0.15, -0.1) is 0 Å². The van der Waals surface area contributed by atoms with E-state index in [1.807, 2.05) is 26.0 Å². The van der Waals surface area contributed by atoms with Crippen molar-refractivity contribution in [1.82, 2.24) is 4.57 Å². The van der Waals surface area contributed by atoms with Crippen LogP contribution in [0.25, 0.3) is 10.9 Å². The van der Waals surface area contributed by atoms with Gasteiger partial charge < -0.3 is 10.1 Å². The highest BCUT2D eigenvalue weighted by atomic mass is 19.4. The van der Waals surface area contributed by atoms with E-state index in [1.54, 1.807) is 32.3 Å². The van der Waals surface area contributed by atoms with E-state index < -0.39 is 40.8 Å². The summed E-state index contributed by atoms with van der Waals surface area (Å²) in [6.45, 7) is 7.31. The summed E-state index contributed by atoms with van der Waals surface area (Å²) in [4.78, 5) is 13.1. The number of anilines is 1. The lowest BCUT2D eigenvalue weighted by Gasteiger charge is -2.24. The van der Waals surface area contributed by atoms with E-state index in [0.717, 1.165) is 11.1 Å². The number of ether oxygens (including phenoxy) is 1. The van der Waals surface area contributed by atoms with Gasteiger partial charge in [-0.05, 0) is 63.1 Å². The molecule has 0 radical (unpaired) electrons. The second kappa shape index (κ2) is 9.31. The number of amides is 1. The molecule has 1 heterocycles. The molecule has 3 aromatic rings. The zero-order valence-corrected chi connectivity index (χ0v) is 19.4. The minimum absolute atomic E-state index is 0.00894. The van der Waals surface area contributed by atoms with Crippen LogP contribution in [0.1, 0.15) is 43.0 Å². The third kappa shape index (κ3) is 6.17. The lowest BCUT2D eigenvalue weighted by Crippen LogP contribution is -2.25. The van der Waals surface area contributed by atoms with Crippen molar-refractivity contribution in [2.75, 3.05) is 5.32 Å². The summed E-state index contributed by atoms with van der Waals surface area (Å²) in [6.07, 6.45) is -4.88. The number of halogens is 6. The quantitative estimate of drug-likeness (QED) is 0.287. The van der Waals surface area contributed by atoms with Crippen LogP contribution in [0.2, 0.25) is 0 Å². The largest absolute Gasteiger partial charge is 0.495 e. The maximum atomic E-state index is 13.2. The molecule has 0 bridgehead atoms. The molecule has 10 heteroatoms. The zero-order valence-electron chi connectivity index (χ0n) is 19.4. The Bertz CT molecular complexity index is 1240. The number of hydrogen-bond acceptors (Lipinski definition) is 2. The first-order chi connectivity index (χ1) is 16.1. The van der Waals surface area contributed by atoms with Crippen molar-refractivity contribution in [3.63, 3.8) is 0 Å². The van der Waals surface area contributed by atoms with E-state index in [1.165, 1.54) is 10.8 Å². The predicted octanol–water partition coefficient (Wildman–Crippen LogP) is 7.94. The molecule has 0 fully saturated rings. The Kier molecular flexibility index (Phi) is 6.97. The third-order valence-corrected chi connectivity index (χ3v) is 5.24. The van der Waals surface area contributed by atoms with Crippen molar-refractivity contribution >= 4 is 22.6 Å². The number of alkyl halides is 6. The molecule has 1 N–H and O–H groups in total. The van der Waals surface area contributed by atoms with E-state index in [0.29, 0.717) is 29.5 Å². The average molecular weight is 498 g/mol. The molecule has 4 nitrogen and oxygen atoms in total. The van der Waals surface area contributed by atoms with E-state index >= 15 is 0 Å². The molecule has 0 unspecified atom stereocenters. The third-order valence-electron chi connectivity index (χ3n) is 5.24. The fourth-order valence-corrected chi connectivity index (χ4v) is 3.68. The van der Waals surface area contributed by atoms with Gasteiger partial charge in [-0.2, -0.15) is 26.3 Å². The number of nitrogens with zero attached hydrogens (tertiary/aromatic N) is 1. The molecule has 0 spiro atoms. The molecule has 1 aromatic heterocycles. The van der Waals surface area contributed by atoms with Crippen LogP contribution in [0, 0.1) is 6.92 Å².